The molecule has 0 radical (unpaired) electrons. The molecule has 0 saturated heterocycles. The van der Waals surface area contributed by atoms with Crippen LogP contribution in [0.4, 0.5) is 4.48 Å². The maximum atomic E-state index is 12.2. The minimum absolute atomic E-state index is 0.248. The van der Waals surface area contributed by atoms with Gasteiger partial charge in [-0.3, -0.25) is 14.2 Å². The lowest BCUT2D eigenvalue weighted by Gasteiger charge is -2.10. The topological polar surface area (TPSA) is 84.2 Å². The van der Waals surface area contributed by atoms with Crippen LogP contribution in [0.3, 0.4) is 0 Å². The molecule has 0 aliphatic carbocycles. The molecule has 2 aromatic rings. The van der Waals surface area contributed by atoms with Crippen molar-refractivity contribution in [3.05, 3.63) is 57.8 Å². The number of nitrogens with zero attached hydrogens (tertiary/aromatic N) is 2. The van der Waals surface area contributed by atoms with E-state index in [1.165, 1.54) is 7.05 Å². The van der Waals surface area contributed by atoms with E-state index >= 15 is 0 Å². The Morgan fingerprint density at radius 1 is 1.40 bits per heavy atom. The first-order chi connectivity index (χ1) is 9.54. The quantitative estimate of drug-likeness (QED) is 0.808. The summed E-state index contributed by atoms with van der Waals surface area (Å²) in [6, 6.07) is 9.14. The van der Waals surface area contributed by atoms with Crippen molar-refractivity contribution >= 4 is 5.91 Å². The van der Waals surface area contributed by atoms with Crippen LogP contribution in [-0.2, 0) is 13.5 Å². The molecule has 1 aromatic carbocycles. The predicted molar refractivity (Wildman–Crippen MR) is 69.0 cm³/mol. The number of hydrogen-bond donors (Lipinski definition) is 2. The van der Waals surface area contributed by atoms with Crippen LogP contribution in [0.1, 0.15) is 21.9 Å². The molecule has 6 nitrogen and oxygen atoms in total. The summed E-state index contributed by atoms with van der Waals surface area (Å²) in [7, 11) is 1.42. The fourth-order valence-electron chi connectivity index (χ4n) is 1.77. The number of nitrogens with one attached hydrogen (secondary N) is 1. The van der Waals surface area contributed by atoms with Crippen molar-refractivity contribution in [1.29, 1.82) is 0 Å². The van der Waals surface area contributed by atoms with Gasteiger partial charge in [-0.2, -0.15) is 5.54 Å². The van der Waals surface area contributed by atoms with Gasteiger partial charge in [0.05, 0.1) is 0 Å². The first kappa shape index (κ1) is 13.7. The summed E-state index contributed by atoms with van der Waals surface area (Å²) in [6.45, 7) is 0. The van der Waals surface area contributed by atoms with E-state index in [-0.39, 0.29) is 12.2 Å². The van der Waals surface area contributed by atoms with E-state index in [0.717, 1.165) is 15.7 Å². The van der Waals surface area contributed by atoms with E-state index in [1.807, 2.05) is 30.3 Å². The van der Waals surface area contributed by atoms with Gasteiger partial charge < -0.3 is 5.11 Å². The molecule has 7 heteroatoms. The summed E-state index contributed by atoms with van der Waals surface area (Å²) >= 11 is 0. The van der Waals surface area contributed by atoms with Crippen molar-refractivity contribution in [2.75, 3.05) is 0 Å². The first-order valence-corrected chi connectivity index (χ1v) is 5.78. The molecule has 2 N–H and O–H groups in total. The highest BCUT2D eigenvalue weighted by molar-refractivity contribution is 5.93. The molecule has 20 heavy (non-hydrogen) atoms. The average molecular weight is 277 g/mol. The molecule has 2 rings (SSSR count). The van der Waals surface area contributed by atoms with Crippen molar-refractivity contribution in [3.63, 3.8) is 0 Å². The smallest absolute Gasteiger partial charge is 0.301 e. The van der Waals surface area contributed by atoms with Gasteiger partial charge in [0.25, 0.3) is 5.56 Å². The second kappa shape index (κ2) is 5.52. The van der Waals surface area contributed by atoms with E-state index in [1.54, 1.807) is 0 Å². The van der Waals surface area contributed by atoms with Crippen LogP contribution in [0.5, 0.6) is 5.75 Å². The van der Waals surface area contributed by atoms with Crippen molar-refractivity contribution in [3.8, 4) is 5.75 Å². The molecule has 0 saturated carbocycles. The number of halogens is 1. The normalized spacial score (nSPS) is 10.3. The number of aromatic nitrogens is 2. The van der Waals surface area contributed by atoms with Crippen LogP contribution in [0, 0.1) is 0 Å². The summed E-state index contributed by atoms with van der Waals surface area (Å²) in [4.78, 5) is 26.9. The van der Waals surface area contributed by atoms with Crippen LogP contribution in [-0.4, -0.2) is 20.6 Å². The molecule has 0 bridgehead atoms. The van der Waals surface area contributed by atoms with Crippen molar-refractivity contribution in [1.82, 2.24) is 15.1 Å². The Bertz CT molecular complexity index is 698. The Morgan fingerprint density at radius 2 is 2.05 bits per heavy atom. The van der Waals surface area contributed by atoms with Gasteiger partial charge in [0.15, 0.2) is 5.69 Å². The minimum Gasteiger partial charge on any atom is -0.501 e. The third-order valence-corrected chi connectivity index (χ3v) is 2.87. The molecular weight excluding hydrogens is 265 g/mol. The molecule has 0 aliphatic rings. The number of aromatic hydroxyl groups is 1. The molecule has 0 aliphatic heterocycles. The highest BCUT2D eigenvalue weighted by Crippen LogP contribution is 2.12. The standard InChI is InChI=1S/C13H12FN3O3/c1-17-9(7-8-5-3-2-4-6-8)15-10(12(19)16-14)11(18)13(17)20/h2-6,18H,7H2,1H3,(H,16,19). The number of hydrogen-bond acceptors (Lipinski definition) is 4. The second-order valence-electron chi connectivity index (χ2n) is 4.18. The molecule has 0 spiro atoms. The molecular formula is C13H12FN3O3. The molecule has 1 heterocycles. The van der Waals surface area contributed by atoms with Crippen LogP contribution < -0.4 is 11.1 Å². The van der Waals surface area contributed by atoms with Gasteiger partial charge in [-0.25, -0.2) is 4.98 Å². The van der Waals surface area contributed by atoms with E-state index < -0.39 is 22.9 Å². The van der Waals surface area contributed by atoms with Crippen molar-refractivity contribution < 1.29 is 14.4 Å². The summed E-state index contributed by atoms with van der Waals surface area (Å²) < 4.78 is 13.3. The largest absolute Gasteiger partial charge is 0.501 e. The van der Waals surface area contributed by atoms with Gasteiger partial charge >= 0.3 is 5.91 Å². The third-order valence-electron chi connectivity index (χ3n) is 2.87. The van der Waals surface area contributed by atoms with Crippen LogP contribution >= 0.6 is 0 Å². The van der Waals surface area contributed by atoms with Gasteiger partial charge in [-0.05, 0) is 5.56 Å². The molecule has 1 aromatic heterocycles. The molecule has 0 fully saturated rings. The summed E-state index contributed by atoms with van der Waals surface area (Å²) in [5, 5.41) is 9.55. The fourth-order valence-corrected chi connectivity index (χ4v) is 1.77. The minimum atomic E-state index is -1.26. The highest BCUT2D eigenvalue weighted by atomic mass is 19.2. The van der Waals surface area contributed by atoms with Crippen molar-refractivity contribution in [2.45, 2.75) is 6.42 Å². The fraction of sp³-hybridized carbons (Fsp3) is 0.154. The lowest BCUT2D eigenvalue weighted by atomic mass is 10.1. The summed E-state index contributed by atoms with van der Waals surface area (Å²) in [5.41, 5.74) is 0.293. The Labute approximate surface area is 113 Å². The number of carbonyl (C=O) groups is 1. The average Bonchev–Trinajstić information content (AvgIpc) is 2.48. The summed E-state index contributed by atoms with van der Waals surface area (Å²) in [5.74, 6) is -1.88. The molecule has 1 amide bonds. The molecule has 0 atom stereocenters. The van der Waals surface area contributed by atoms with Gasteiger partial charge in [0.2, 0.25) is 5.75 Å². The van der Waals surface area contributed by atoms with E-state index in [0.29, 0.717) is 0 Å². The summed E-state index contributed by atoms with van der Waals surface area (Å²) in [6.07, 6.45) is 0.277. The monoisotopic (exact) mass is 277 g/mol. The van der Waals surface area contributed by atoms with Gasteiger partial charge in [-0.1, -0.05) is 34.8 Å². The zero-order chi connectivity index (χ0) is 14.7. The lowest BCUT2D eigenvalue weighted by molar-refractivity contribution is 0.0849. The molecule has 104 valence electrons. The van der Waals surface area contributed by atoms with Gasteiger partial charge in [0.1, 0.15) is 5.82 Å². The number of carbonyl (C=O) groups excluding carboxylic acids is 1. The SMILES string of the molecule is Cn1c(Cc2ccccc2)nc(C(=O)NF)c(O)c1=O. The van der Waals surface area contributed by atoms with Crippen molar-refractivity contribution in [2.24, 2.45) is 7.05 Å². The Kier molecular flexibility index (Phi) is 3.79. The zero-order valence-electron chi connectivity index (χ0n) is 10.6. The third kappa shape index (κ3) is 2.51. The maximum absolute atomic E-state index is 12.2. The first-order valence-electron chi connectivity index (χ1n) is 5.78. The predicted octanol–water partition coefficient (Wildman–Crippen LogP) is 0.691. The highest BCUT2D eigenvalue weighted by Gasteiger charge is 2.19. The Morgan fingerprint density at radius 3 is 2.65 bits per heavy atom. The number of rotatable bonds is 3. The maximum Gasteiger partial charge on any atom is 0.301 e. The Hall–Kier alpha value is -2.70. The van der Waals surface area contributed by atoms with Crippen LogP contribution in [0.2, 0.25) is 0 Å². The zero-order valence-corrected chi connectivity index (χ0v) is 10.6. The van der Waals surface area contributed by atoms with Gasteiger partial charge in [0, 0.05) is 13.5 Å². The molecule has 0 unspecified atom stereocenters. The van der Waals surface area contributed by atoms with Crippen LogP contribution in [0.15, 0.2) is 35.1 Å². The lowest BCUT2D eigenvalue weighted by Crippen LogP contribution is -2.27. The van der Waals surface area contributed by atoms with Gasteiger partial charge in [-0.15, -0.1) is 0 Å². The van der Waals surface area contributed by atoms with E-state index in [9.17, 15) is 19.2 Å². The number of amides is 1. The van der Waals surface area contributed by atoms with E-state index in [2.05, 4.69) is 4.98 Å². The second-order valence-corrected chi connectivity index (χ2v) is 4.18. The number of benzene rings is 1. The van der Waals surface area contributed by atoms with Crippen LogP contribution in [0.25, 0.3) is 0 Å². The Balaban J connectivity index is 2.51. The van der Waals surface area contributed by atoms with E-state index in [4.69, 9.17) is 0 Å².